The lowest BCUT2D eigenvalue weighted by atomic mass is 9.89. The molecule has 1 aliphatic carbocycles. The summed E-state index contributed by atoms with van der Waals surface area (Å²) in [4.78, 5) is 29.8. The second-order valence-electron chi connectivity index (χ2n) is 9.39. The van der Waals surface area contributed by atoms with Gasteiger partial charge in [-0.2, -0.15) is 0 Å². The first-order chi connectivity index (χ1) is 17.2. The summed E-state index contributed by atoms with van der Waals surface area (Å²) in [7, 11) is 1.60. The van der Waals surface area contributed by atoms with Gasteiger partial charge < -0.3 is 14.8 Å². The number of pyridine rings is 2. The molecular formula is C26H34N6O3. The van der Waals surface area contributed by atoms with Crippen LogP contribution in [0.15, 0.2) is 35.3 Å². The number of anilines is 1. The van der Waals surface area contributed by atoms with Crippen molar-refractivity contribution < 1.29 is 9.47 Å². The van der Waals surface area contributed by atoms with Gasteiger partial charge >= 0.3 is 0 Å². The third kappa shape index (κ3) is 5.62. The third-order valence-corrected chi connectivity index (χ3v) is 7.02. The highest BCUT2D eigenvalue weighted by atomic mass is 16.5. The number of nitrogens with one attached hydrogen (secondary N) is 1. The zero-order chi connectivity index (χ0) is 24.0. The molecule has 1 saturated carbocycles. The second-order valence-corrected chi connectivity index (χ2v) is 9.39. The van der Waals surface area contributed by atoms with Crippen molar-refractivity contribution in [3.8, 4) is 17.1 Å². The van der Waals surface area contributed by atoms with Crippen LogP contribution >= 0.6 is 0 Å². The van der Waals surface area contributed by atoms with Crippen LogP contribution in [0.1, 0.15) is 32.1 Å². The van der Waals surface area contributed by atoms with Crippen molar-refractivity contribution in [2.45, 2.75) is 38.6 Å². The van der Waals surface area contributed by atoms with Crippen LogP contribution < -0.4 is 15.6 Å². The van der Waals surface area contributed by atoms with Crippen molar-refractivity contribution >= 4 is 17.0 Å². The highest BCUT2D eigenvalue weighted by molar-refractivity contribution is 5.76. The number of fused-ring (bicyclic) bond motifs is 1. The molecule has 2 fully saturated rings. The minimum absolute atomic E-state index is 0.0949. The molecule has 5 rings (SSSR count). The number of morpholine rings is 1. The molecule has 0 atom stereocenters. The van der Waals surface area contributed by atoms with E-state index in [0.717, 1.165) is 62.5 Å². The molecule has 1 saturated heterocycles. The molecule has 0 radical (unpaired) electrons. The summed E-state index contributed by atoms with van der Waals surface area (Å²) in [5, 5.41) is 3.31. The number of hydrogen-bond donors (Lipinski definition) is 1. The molecule has 3 aromatic heterocycles. The van der Waals surface area contributed by atoms with Gasteiger partial charge in [-0.3, -0.25) is 14.3 Å². The van der Waals surface area contributed by atoms with Gasteiger partial charge in [0, 0.05) is 50.6 Å². The standard InChI is InChI=1S/C26H34N6O3/c1-34-23-10-7-20(17-28-23)21-8-9-22-25(30-21)32(18-19-5-3-2-4-6-19)26(33)24(29-22)27-11-12-31-13-15-35-16-14-31/h7-10,17,19H,2-6,11-16,18H2,1H3,(H,27,29). The zero-order valence-electron chi connectivity index (χ0n) is 20.4. The summed E-state index contributed by atoms with van der Waals surface area (Å²) in [5.74, 6) is 1.45. The maximum absolute atomic E-state index is 13.6. The number of methoxy groups -OCH3 is 1. The molecule has 1 N–H and O–H groups in total. The first-order valence-electron chi connectivity index (χ1n) is 12.7. The lowest BCUT2D eigenvalue weighted by Gasteiger charge is -2.26. The minimum atomic E-state index is -0.0949. The van der Waals surface area contributed by atoms with Crippen molar-refractivity contribution in [1.82, 2.24) is 24.4 Å². The fourth-order valence-corrected chi connectivity index (χ4v) is 5.00. The van der Waals surface area contributed by atoms with E-state index in [1.54, 1.807) is 13.3 Å². The lowest BCUT2D eigenvalue weighted by Crippen LogP contribution is -2.39. The van der Waals surface area contributed by atoms with Gasteiger partial charge in [-0.1, -0.05) is 19.3 Å². The highest BCUT2D eigenvalue weighted by Crippen LogP contribution is 2.27. The third-order valence-electron chi connectivity index (χ3n) is 7.02. The van der Waals surface area contributed by atoms with E-state index in [-0.39, 0.29) is 5.56 Å². The average molecular weight is 479 g/mol. The largest absolute Gasteiger partial charge is 0.481 e. The molecule has 0 unspecified atom stereocenters. The summed E-state index contributed by atoms with van der Waals surface area (Å²) in [5.41, 5.74) is 2.89. The van der Waals surface area contributed by atoms with Crippen LogP contribution in [0.25, 0.3) is 22.4 Å². The van der Waals surface area contributed by atoms with E-state index in [4.69, 9.17) is 14.5 Å². The summed E-state index contributed by atoms with van der Waals surface area (Å²) in [6.45, 7) is 5.57. The number of hydrogen-bond acceptors (Lipinski definition) is 8. The molecule has 9 nitrogen and oxygen atoms in total. The fraction of sp³-hybridized carbons (Fsp3) is 0.538. The Bertz CT molecular complexity index is 1180. The molecule has 3 aromatic rings. The summed E-state index contributed by atoms with van der Waals surface area (Å²) >= 11 is 0. The van der Waals surface area contributed by atoms with Gasteiger partial charge in [0.15, 0.2) is 11.5 Å². The molecule has 9 heteroatoms. The zero-order valence-corrected chi connectivity index (χ0v) is 20.4. The number of ether oxygens (including phenoxy) is 2. The quantitative estimate of drug-likeness (QED) is 0.528. The predicted molar refractivity (Wildman–Crippen MR) is 136 cm³/mol. The molecule has 0 amide bonds. The Hall–Kier alpha value is -3.04. The molecule has 186 valence electrons. The Kier molecular flexibility index (Phi) is 7.54. The van der Waals surface area contributed by atoms with Crippen molar-refractivity contribution in [1.29, 1.82) is 0 Å². The average Bonchev–Trinajstić information content (AvgIpc) is 2.92. The van der Waals surface area contributed by atoms with Crippen LogP contribution in [-0.2, 0) is 11.3 Å². The summed E-state index contributed by atoms with van der Waals surface area (Å²) in [6, 6.07) is 7.63. The Morgan fingerprint density at radius 2 is 1.91 bits per heavy atom. The van der Waals surface area contributed by atoms with Gasteiger partial charge in [0.1, 0.15) is 5.52 Å². The number of nitrogens with zero attached hydrogens (tertiary/aromatic N) is 5. The van der Waals surface area contributed by atoms with Crippen LogP contribution in [0.4, 0.5) is 5.82 Å². The highest BCUT2D eigenvalue weighted by Gasteiger charge is 2.20. The minimum Gasteiger partial charge on any atom is -0.481 e. The van der Waals surface area contributed by atoms with E-state index in [9.17, 15) is 4.79 Å². The topological polar surface area (TPSA) is 94.4 Å². The molecule has 0 aromatic carbocycles. The lowest BCUT2D eigenvalue weighted by molar-refractivity contribution is 0.0398. The summed E-state index contributed by atoms with van der Waals surface area (Å²) in [6.07, 6.45) is 7.78. The van der Waals surface area contributed by atoms with Crippen molar-refractivity contribution in [2.75, 3.05) is 51.8 Å². The molecule has 35 heavy (non-hydrogen) atoms. The Morgan fingerprint density at radius 3 is 2.66 bits per heavy atom. The van der Waals surface area contributed by atoms with Gasteiger partial charge in [0.05, 0.1) is 26.0 Å². The van der Waals surface area contributed by atoms with Crippen LogP contribution in [-0.4, -0.2) is 70.9 Å². The normalized spacial score (nSPS) is 17.5. The van der Waals surface area contributed by atoms with E-state index in [1.165, 1.54) is 19.3 Å². The van der Waals surface area contributed by atoms with E-state index >= 15 is 0 Å². The van der Waals surface area contributed by atoms with Gasteiger partial charge in [0.2, 0.25) is 5.88 Å². The molecule has 4 heterocycles. The van der Waals surface area contributed by atoms with Gasteiger partial charge in [-0.05, 0) is 37.0 Å². The first kappa shape index (κ1) is 23.7. The van der Waals surface area contributed by atoms with Crippen LogP contribution in [0.3, 0.4) is 0 Å². The van der Waals surface area contributed by atoms with Crippen LogP contribution in [0.2, 0.25) is 0 Å². The Labute approximate surface area is 205 Å². The summed E-state index contributed by atoms with van der Waals surface area (Å²) < 4.78 is 12.4. The maximum atomic E-state index is 13.6. The van der Waals surface area contributed by atoms with Crippen LogP contribution in [0.5, 0.6) is 5.88 Å². The predicted octanol–water partition coefficient (Wildman–Crippen LogP) is 3.19. The molecule has 2 aliphatic rings. The van der Waals surface area contributed by atoms with Gasteiger partial charge in [0.25, 0.3) is 5.56 Å². The fourth-order valence-electron chi connectivity index (χ4n) is 5.00. The Morgan fingerprint density at radius 1 is 1.09 bits per heavy atom. The van der Waals surface area contributed by atoms with Crippen molar-refractivity contribution in [2.24, 2.45) is 5.92 Å². The van der Waals surface area contributed by atoms with Crippen molar-refractivity contribution in [3.63, 3.8) is 0 Å². The smallest absolute Gasteiger partial charge is 0.294 e. The van der Waals surface area contributed by atoms with Gasteiger partial charge in [-0.15, -0.1) is 0 Å². The van der Waals surface area contributed by atoms with Gasteiger partial charge in [-0.25, -0.2) is 15.0 Å². The SMILES string of the molecule is COc1ccc(-c2ccc3nc(NCCN4CCOCC4)c(=O)n(CC4CCCCC4)c3n2)cn1. The van der Waals surface area contributed by atoms with E-state index in [1.807, 2.05) is 28.8 Å². The molecule has 0 spiro atoms. The number of rotatable bonds is 8. The number of aromatic nitrogens is 4. The molecule has 0 bridgehead atoms. The second kappa shape index (κ2) is 11.1. The van der Waals surface area contributed by atoms with Crippen LogP contribution in [0, 0.1) is 5.92 Å². The van der Waals surface area contributed by atoms with E-state index < -0.39 is 0 Å². The first-order valence-corrected chi connectivity index (χ1v) is 12.7. The Balaban J connectivity index is 1.45. The maximum Gasteiger partial charge on any atom is 0.294 e. The molecule has 1 aliphatic heterocycles. The molecular weight excluding hydrogens is 444 g/mol. The monoisotopic (exact) mass is 478 g/mol. The van der Waals surface area contributed by atoms with E-state index in [2.05, 4.69) is 20.2 Å². The van der Waals surface area contributed by atoms with E-state index in [0.29, 0.717) is 36.4 Å². The van der Waals surface area contributed by atoms with Crippen molar-refractivity contribution in [3.05, 3.63) is 40.8 Å².